The second-order valence-corrected chi connectivity index (χ2v) is 7.91. The van der Waals surface area contributed by atoms with Crippen LogP contribution >= 0.6 is 11.8 Å². The molecule has 0 aliphatic rings. The van der Waals surface area contributed by atoms with E-state index in [4.69, 9.17) is 9.72 Å². The third-order valence-corrected chi connectivity index (χ3v) is 5.49. The summed E-state index contributed by atoms with van der Waals surface area (Å²) in [5.74, 6) is 1.61. The minimum absolute atomic E-state index is 0.0952. The Kier molecular flexibility index (Phi) is 8.04. The van der Waals surface area contributed by atoms with Crippen molar-refractivity contribution >= 4 is 34.5 Å². The first-order valence-corrected chi connectivity index (χ1v) is 11.0. The summed E-state index contributed by atoms with van der Waals surface area (Å²) in [6.07, 6.45) is 2.81. The Labute approximate surface area is 180 Å². The van der Waals surface area contributed by atoms with E-state index in [2.05, 4.69) is 27.6 Å². The number of rotatable bonds is 11. The summed E-state index contributed by atoms with van der Waals surface area (Å²) in [5.41, 5.74) is 2.53. The summed E-state index contributed by atoms with van der Waals surface area (Å²) < 4.78 is 6.93. The van der Waals surface area contributed by atoms with Crippen molar-refractivity contribution in [3.05, 3.63) is 41.6 Å². The van der Waals surface area contributed by atoms with Crippen molar-refractivity contribution in [1.82, 2.24) is 25.1 Å². The fourth-order valence-corrected chi connectivity index (χ4v) is 3.54. The van der Waals surface area contributed by atoms with Gasteiger partial charge in [0.2, 0.25) is 0 Å². The van der Waals surface area contributed by atoms with Crippen molar-refractivity contribution in [3.8, 4) is 0 Å². The van der Waals surface area contributed by atoms with Crippen LogP contribution in [0.3, 0.4) is 0 Å². The van der Waals surface area contributed by atoms with E-state index in [0.29, 0.717) is 31.8 Å². The number of thioether (sulfide) groups is 1. The highest BCUT2D eigenvalue weighted by molar-refractivity contribution is 7.99. The number of nitrogens with zero attached hydrogens (tertiary/aromatic N) is 4. The Morgan fingerprint density at radius 2 is 2.00 bits per heavy atom. The first-order valence-electron chi connectivity index (χ1n) is 10.1. The maximum Gasteiger partial charge on any atom is 0.251 e. The SMILES string of the molecule is CCCSc1nc(NCCOC)c2cnn(CCNC(=O)c3ccc(C)cc3)c2n1. The number of carbonyl (C=O) groups excluding carboxylic acids is 1. The highest BCUT2D eigenvalue weighted by Gasteiger charge is 2.13. The Morgan fingerprint density at radius 1 is 1.20 bits per heavy atom. The van der Waals surface area contributed by atoms with Crippen LogP contribution in [0.2, 0.25) is 0 Å². The van der Waals surface area contributed by atoms with Gasteiger partial charge in [-0.3, -0.25) is 4.79 Å². The normalized spacial score (nSPS) is 11.0. The molecule has 0 aliphatic carbocycles. The van der Waals surface area contributed by atoms with E-state index in [0.717, 1.165) is 39.7 Å². The van der Waals surface area contributed by atoms with Gasteiger partial charge in [0.05, 0.1) is 24.7 Å². The Balaban J connectivity index is 1.72. The lowest BCUT2D eigenvalue weighted by Gasteiger charge is -2.10. The van der Waals surface area contributed by atoms with Crippen molar-refractivity contribution in [1.29, 1.82) is 0 Å². The van der Waals surface area contributed by atoms with E-state index in [9.17, 15) is 4.79 Å². The Hall–Kier alpha value is -2.65. The van der Waals surface area contributed by atoms with E-state index < -0.39 is 0 Å². The summed E-state index contributed by atoms with van der Waals surface area (Å²) in [7, 11) is 1.67. The molecule has 160 valence electrons. The van der Waals surface area contributed by atoms with Gasteiger partial charge in [-0.15, -0.1) is 0 Å². The fourth-order valence-electron chi connectivity index (χ4n) is 2.85. The van der Waals surface area contributed by atoms with Crippen molar-refractivity contribution in [2.75, 3.05) is 37.9 Å². The van der Waals surface area contributed by atoms with Gasteiger partial charge in [-0.1, -0.05) is 36.4 Å². The maximum atomic E-state index is 12.3. The molecule has 0 spiro atoms. The van der Waals surface area contributed by atoms with Gasteiger partial charge in [0, 0.05) is 31.5 Å². The molecule has 0 atom stereocenters. The molecular formula is C21H28N6O2S. The zero-order chi connectivity index (χ0) is 21.3. The number of anilines is 1. The molecule has 9 heteroatoms. The minimum atomic E-state index is -0.0952. The summed E-state index contributed by atoms with van der Waals surface area (Å²) in [6, 6.07) is 7.52. The van der Waals surface area contributed by atoms with Crippen LogP contribution < -0.4 is 10.6 Å². The number of ether oxygens (including phenoxy) is 1. The Bertz CT molecular complexity index is 974. The molecule has 0 saturated heterocycles. The number of aromatic nitrogens is 4. The van der Waals surface area contributed by atoms with Gasteiger partial charge in [0.15, 0.2) is 10.8 Å². The fraction of sp³-hybridized carbons (Fsp3) is 0.429. The van der Waals surface area contributed by atoms with Crippen LogP contribution in [0.15, 0.2) is 35.6 Å². The van der Waals surface area contributed by atoms with E-state index in [1.807, 2.05) is 35.9 Å². The zero-order valence-electron chi connectivity index (χ0n) is 17.6. The predicted molar refractivity (Wildman–Crippen MR) is 120 cm³/mol. The van der Waals surface area contributed by atoms with Crippen molar-refractivity contribution in [3.63, 3.8) is 0 Å². The van der Waals surface area contributed by atoms with Crippen LogP contribution in [0.4, 0.5) is 5.82 Å². The van der Waals surface area contributed by atoms with Gasteiger partial charge in [0.1, 0.15) is 5.82 Å². The number of hydrogen-bond donors (Lipinski definition) is 2. The second kappa shape index (κ2) is 10.9. The standard InChI is InChI=1S/C21H28N6O2S/c1-4-13-30-21-25-18(22-10-12-29-3)17-14-24-27(19(17)26-21)11-9-23-20(28)16-7-5-15(2)6-8-16/h5-8,14H,4,9-13H2,1-3H3,(H,23,28)(H,22,25,26). The third-order valence-electron chi connectivity index (χ3n) is 4.43. The van der Waals surface area contributed by atoms with Crippen LogP contribution in [0.1, 0.15) is 29.3 Å². The first kappa shape index (κ1) is 22.0. The first-order chi connectivity index (χ1) is 14.6. The van der Waals surface area contributed by atoms with Crippen LogP contribution in [-0.2, 0) is 11.3 Å². The van der Waals surface area contributed by atoms with Gasteiger partial charge in [0.25, 0.3) is 5.91 Å². The largest absolute Gasteiger partial charge is 0.383 e. The summed E-state index contributed by atoms with van der Waals surface area (Å²) >= 11 is 1.62. The zero-order valence-corrected chi connectivity index (χ0v) is 18.5. The molecule has 2 heterocycles. The van der Waals surface area contributed by atoms with E-state index in [1.165, 1.54) is 0 Å². The Morgan fingerprint density at radius 3 is 2.73 bits per heavy atom. The molecule has 0 saturated carbocycles. The molecule has 0 aliphatic heterocycles. The lowest BCUT2D eigenvalue weighted by molar-refractivity contribution is 0.0952. The van der Waals surface area contributed by atoms with Gasteiger partial charge < -0.3 is 15.4 Å². The molecule has 0 fully saturated rings. The van der Waals surface area contributed by atoms with E-state index in [1.54, 1.807) is 25.1 Å². The number of amides is 1. The van der Waals surface area contributed by atoms with Gasteiger partial charge >= 0.3 is 0 Å². The monoisotopic (exact) mass is 428 g/mol. The highest BCUT2D eigenvalue weighted by atomic mass is 32.2. The number of hydrogen-bond acceptors (Lipinski definition) is 7. The van der Waals surface area contributed by atoms with Crippen molar-refractivity contribution in [2.45, 2.75) is 32.0 Å². The quantitative estimate of drug-likeness (QED) is 0.275. The van der Waals surface area contributed by atoms with E-state index >= 15 is 0 Å². The van der Waals surface area contributed by atoms with Crippen molar-refractivity contribution < 1.29 is 9.53 Å². The number of aryl methyl sites for hydroxylation is 1. The second-order valence-electron chi connectivity index (χ2n) is 6.85. The molecule has 3 rings (SSSR count). The molecule has 3 aromatic rings. The molecule has 1 aromatic carbocycles. The summed E-state index contributed by atoms with van der Waals surface area (Å²) in [5, 5.41) is 12.3. The molecule has 0 radical (unpaired) electrons. The molecule has 0 bridgehead atoms. The molecular weight excluding hydrogens is 400 g/mol. The molecule has 1 amide bonds. The van der Waals surface area contributed by atoms with E-state index in [-0.39, 0.29) is 5.91 Å². The summed E-state index contributed by atoms with van der Waals surface area (Å²) in [6.45, 7) is 6.34. The number of methoxy groups -OCH3 is 1. The van der Waals surface area contributed by atoms with Gasteiger partial charge in [-0.2, -0.15) is 5.10 Å². The highest BCUT2D eigenvalue weighted by Crippen LogP contribution is 2.24. The van der Waals surface area contributed by atoms with Crippen LogP contribution in [0, 0.1) is 6.92 Å². The molecule has 30 heavy (non-hydrogen) atoms. The van der Waals surface area contributed by atoms with Crippen LogP contribution in [-0.4, -0.2) is 58.2 Å². The predicted octanol–water partition coefficient (Wildman–Crippen LogP) is 3.13. The molecule has 2 N–H and O–H groups in total. The molecule has 0 unspecified atom stereocenters. The maximum absolute atomic E-state index is 12.3. The average Bonchev–Trinajstić information content (AvgIpc) is 3.16. The number of nitrogens with one attached hydrogen (secondary N) is 2. The van der Waals surface area contributed by atoms with Crippen molar-refractivity contribution in [2.24, 2.45) is 0 Å². The number of benzene rings is 1. The number of carbonyl (C=O) groups is 1. The molecule has 8 nitrogen and oxygen atoms in total. The lowest BCUT2D eigenvalue weighted by atomic mass is 10.1. The molecule has 2 aromatic heterocycles. The van der Waals surface area contributed by atoms with Crippen LogP contribution in [0.25, 0.3) is 11.0 Å². The van der Waals surface area contributed by atoms with Gasteiger partial charge in [-0.25, -0.2) is 14.6 Å². The number of fused-ring (bicyclic) bond motifs is 1. The third kappa shape index (κ3) is 5.70. The smallest absolute Gasteiger partial charge is 0.251 e. The van der Waals surface area contributed by atoms with Gasteiger partial charge in [-0.05, 0) is 25.5 Å². The average molecular weight is 429 g/mol. The lowest BCUT2D eigenvalue weighted by Crippen LogP contribution is -2.27. The topological polar surface area (TPSA) is 94.0 Å². The minimum Gasteiger partial charge on any atom is -0.383 e. The summed E-state index contributed by atoms with van der Waals surface area (Å²) in [4.78, 5) is 21.7. The van der Waals surface area contributed by atoms with Crippen LogP contribution in [0.5, 0.6) is 0 Å².